The predicted molar refractivity (Wildman–Crippen MR) is 116 cm³/mol. The molecule has 0 amide bonds. The minimum absolute atomic E-state index is 0.0242. The molecule has 6 heteroatoms. The van der Waals surface area contributed by atoms with Gasteiger partial charge in [-0.3, -0.25) is 4.79 Å². The molecule has 3 rings (SSSR count). The van der Waals surface area contributed by atoms with Gasteiger partial charge in [-0.1, -0.05) is 54.6 Å². The van der Waals surface area contributed by atoms with Crippen LogP contribution in [0.1, 0.15) is 21.5 Å². The van der Waals surface area contributed by atoms with E-state index in [4.69, 9.17) is 14.6 Å². The third-order valence-corrected chi connectivity index (χ3v) is 4.74. The highest BCUT2D eigenvalue weighted by atomic mass is 16.5. The molecule has 0 spiro atoms. The van der Waals surface area contributed by atoms with E-state index in [9.17, 15) is 14.7 Å². The summed E-state index contributed by atoms with van der Waals surface area (Å²) in [7, 11) is 1.46. The highest BCUT2D eigenvalue weighted by Crippen LogP contribution is 2.37. The van der Waals surface area contributed by atoms with Gasteiger partial charge in [0.25, 0.3) is 0 Å². The lowest BCUT2D eigenvalue weighted by Gasteiger charge is -2.15. The molecule has 2 N–H and O–H groups in total. The van der Waals surface area contributed by atoms with Gasteiger partial charge in [-0.2, -0.15) is 0 Å². The number of aliphatic hydroxyl groups excluding tert-OH is 1. The van der Waals surface area contributed by atoms with Gasteiger partial charge in [-0.25, -0.2) is 4.79 Å². The predicted octanol–water partition coefficient (Wildman–Crippen LogP) is 4.46. The molecule has 0 saturated carbocycles. The molecule has 0 heterocycles. The maximum atomic E-state index is 13.1. The molecule has 0 unspecified atom stereocenters. The SMILES string of the molecule is C=C(O)C(=O)OCCc1cc(-c2ccccc2C(=O)c2ccccc2)c(O)cc1OC. The zero-order valence-corrected chi connectivity index (χ0v) is 17.0. The average molecular weight is 418 g/mol. The summed E-state index contributed by atoms with van der Waals surface area (Å²) in [6, 6.07) is 19.1. The first-order chi connectivity index (χ1) is 14.9. The lowest BCUT2D eigenvalue weighted by Crippen LogP contribution is -2.10. The Balaban J connectivity index is 1.99. The van der Waals surface area contributed by atoms with E-state index >= 15 is 0 Å². The Morgan fingerprint density at radius 3 is 2.32 bits per heavy atom. The Kier molecular flexibility index (Phi) is 6.72. The minimum Gasteiger partial charge on any atom is -0.507 e. The van der Waals surface area contributed by atoms with Gasteiger partial charge < -0.3 is 19.7 Å². The molecule has 31 heavy (non-hydrogen) atoms. The molecule has 0 atom stereocenters. The monoisotopic (exact) mass is 418 g/mol. The third-order valence-electron chi connectivity index (χ3n) is 4.74. The van der Waals surface area contributed by atoms with Gasteiger partial charge in [0.15, 0.2) is 11.5 Å². The van der Waals surface area contributed by atoms with Crippen LogP contribution in [0, 0.1) is 0 Å². The van der Waals surface area contributed by atoms with Crippen LogP contribution in [0.5, 0.6) is 11.5 Å². The number of carbonyl (C=O) groups excluding carboxylic acids is 2. The summed E-state index contributed by atoms with van der Waals surface area (Å²) >= 11 is 0. The maximum absolute atomic E-state index is 13.1. The Hall–Kier alpha value is -4.06. The van der Waals surface area contributed by atoms with Crippen molar-refractivity contribution in [3.8, 4) is 22.6 Å². The number of hydrogen-bond donors (Lipinski definition) is 2. The van der Waals surface area contributed by atoms with E-state index < -0.39 is 11.7 Å². The van der Waals surface area contributed by atoms with Crippen molar-refractivity contribution in [3.05, 3.63) is 95.8 Å². The summed E-state index contributed by atoms with van der Waals surface area (Å²) < 4.78 is 10.3. The maximum Gasteiger partial charge on any atom is 0.372 e. The van der Waals surface area contributed by atoms with Gasteiger partial charge in [0, 0.05) is 29.2 Å². The van der Waals surface area contributed by atoms with Crippen molar-refractivity contribution in [1.82, 2.24) is 0 Å². The fourth-order valence-corrected chi connectivity index (χ4v) is 3.21. The summed E-state index contributed by atoms with van der Waals surface area (Å²) in [6.07, 6.45) is 0.268. The highest BCUT2D eigenvalue weighted by Gasteiger charge is 2.19. The summed E-state index contributed by atoms with van der Waals surface area (Å²) in [5.74, 6) is -1.38. The molecule has 0 fully saturated rings. The highest BCUT2D eigenvalue weighted by molar-refractivity contribution is 6.13. The van der Waals surface area contributed by atoms with Crippen molar-refractivity contribution >= 4 is 11.8 Å². The van der Waals surface area contributed by atoms with E-state index in [1.165, 1.54) is 13.2 Å². The second kappa shape index (κ2) is 9.63. The molecular weight excluding hydrogens is 396 g/mol. The fraction of sp³-hybridized carbons (Fsp3) is 0.120. The van der Waals surface area contributed by atoms with Crippen LogP contribution < -0.4 is 4.74 Å². The molecule has 0 aromatic heterocycles. The van der Waals surface area contributed by atoms with Crippen LogP contribution in [0.4, 0.5) is 0 Å². The number of benzene rings is 3. The fourth-order valence-electron chi connectivity index (χ4n) is 3.21. The van der Waals surface area contributed by atoms with Crippen LogP contribution in [-0.4, -0.2) is 35.7 Å². The Labute approximate surface area is 180 Å². The average Bonchev–Trinajstić information content (AvgIpc) is 2.79. The number of esters is 1. The van der Waals surface area contributed by atoms with E-state index in [1.807, 2.05) is 6.07 Å². The number of hydrogen-bond acceptors (Lipinski definition) is 6. The van der Waals surface area contributed by atoms with Gasteiger partial charge in [0.1, 0.15) is 11.5 Å². The summed E-state index contributed by atoms with van der Waals surface area (Å²) in [6.45, 7) is 3.10. The van der Waals surface area contributed by atoms with Crippen molar-refractivity contribution in [2.24, 2.45) is 0 Å². The number of phenolic OH excluding ortho intramolecular Hbond substituents is 1. The van der Waals surface area contributed by atoms with E-state index in [0.717, 1.165) is 0 Å². The quantitative estimate of drug-likeness (QED) is 0.243. The molecule has 0 bridgehead atoms. The Morgan fingerprint density at radius 2 is 1.65 bits per heavy atom. The molecular formula is C25H22O6. The molecule has 158 valence electrons. The second-order valence-corrected chi connectivity index (χ2v) is 6.75. The largest absolute Gasteiger partial charge is 0.507 e. The molecule has 0 aliphatic heterocycles. The van der Waals surface area contributed by atoms with Crippen LogP contribution in [-0.2, 0) is 16.0 Å². The topological polar surface area (TPSA) is 93.1 Å². The standard InChI is InChI=1S/C25H22O6/c1-16(26)25(29)31-13-12-18-14-21(22(27)15-23(18)30-2)19-10-6-7-11-20(19)24(28)17-8-4-3-5-9-17/h3-11,14-15,26-27H,1,12-13H2,2H3. The summed E-state index contributed by atoms with van der Waals surface area (Å²) in [5, 5.41) is 19.7. The zero-order chi connectivity index (χ0) is 22.4. The third kappa shape index (κ3) is 4.93. The van der Waals surface area contributed by atoms with Crippen LogP contribution in [0.15, 0.2) is 79.1 Å². The van der Waals surface area contributed by atoms with Gasteiger partial charge in [-0.05, 0) is 23.8 Å². The molecule has 0 aliphatic rings. The first kappa shape index (κ1) is 21.6. The molecule has 0 saturated heterocycles. The van der Waals surface area contributed by atoms with E-state index in [2.05, 4.69) is 6.58 Å². The number of carbonyl (C=O) groups is 2. The first-order valence-electron chi connectivity index (χ1n) is 9.56. The molecule has 0 aliphatic carbocycles. The van der Waals surface area contributed by atoms with Crippen molar-refractivity contribution in [3.63, 3.8) is 0 Å². The van der Waals surface area contributed by atoms with Gasteiger partial charge in [0.05, 0.1) is 13.7 Å². The number of phenols is 1. The van der Waals surface area contributed by atoms with Crippen LogP contribution in [0.3, 0.4) is 0 Å². The summed E-state index contributed by atoms with van der Waals surface area (Å²) in [4.78, 5) is 24.5. The van der Waals surface area contributed by atoms with Gasteiger partial charge in [0.2, 0.25) is 0 Å². The van der Waals surface area contributed by atoms with Crippen molar-refractivity contribution in [2.75, 3.05) is 13.7 Å². The van der Waals surface area contributed by atoms with Gasteiger partial charge in [-0.15, -0.1) is 0 Å². The Morgan fingerprint density at radius 1 is 0.968 bits per heavy atom. The lowest BCUT2D eigenvalue weighted by atomic mass is 9.92. The van der Waals surface area contributed by atoms with E-state index in [0.29, 0.717) is 33.6 Å². The second-order valence-electron chi connectivity index (χ2n) is 6.75. The number of aliphatic hydroxyl groups is 1. The van der Waals surface area contributed by atoms with Crippen molar-refractivity contribution < 1.29 is 29.3 Å². The summed E-state index contributed by atoms with van der Waals surface area (Å²) in [5.41, 5.74) is 2.67. The first-order valence-corrected chi connectivity index (χ1v) is 9.56. The minimum atomic E-state index is -0.906. The van der Waals surface area contributed by atoms with Crippen molar-refractivity contribution in [2.45, 2.75) is 6.42 Å². The van der Waals surface area contributed by atoms with Crippen LogP contribution in [0.2, 0.25) is 0 Å². The van der Waals surface area contributed by atoms with E-state index in [1.54, 1.807) is 54.6 Å². The normalized spacial score (nSPS) is 10.4. The van der Waals surface area contributed by atoms with E-state index in [-0.39, 0.29) is 24.6 Å². The van der Waals surface area contributed by atoms with Crippen LogP contribution >= 0.6 is 0 Å². The smallest absolute Gasteiger partial charge is 0.372 e. The van der Waals surface area contributed by atoms with Gasteiger partial charge >= 0.3 is 5.97 Å². The molecule has 3 aromatic carbocycles. The molecule has 3 aromatic rings. The molecule has 6 nitrogen and oxygen atoms in total. The number of methoxy groups -OCH3 is 1. The number of rotatable bonds is 8. The lowest BCUT2D eigenvalue weighted by molar-refractivity contribution is -0.141. The number of aromatic hydroxyl groups is 1. The molecule has 0 radical (unpaired) electrons. The van der Waals surface area contributed by atoms with Crippen LogP contribution in [0.25, 0.3) is 11.1 Å². The number of ether oxygens (including phenoxy) is 2. The number of ketones is 1. The zero-order valence-electron chi connectivity index (χ0n) is 17.0. The van der Waals surface area contributed by atoms with Crippen molar-refractivity contribution in [1.29, 1.82) is 0 Å². The Bertz CT molecular complexity index is 1120.